The van der Waals surface area contributed by atoms with E-state index in [2.05, 4.69) is 5.32 Å². The van der Waals surface area contributed by atoms with Crippen LogP contribution in [0.15, 0.2) is 24.3 Å². The lowest BCUT2D eigenvalue weighted by atomic mass is 9.90. The van der Waals surface area contributed by atoms with E-state index >= 15 is 0 Å². The molecule has 0 radical (unpaired) electrons. The van der Waals surface area contributed by atoms with Crippen molar-refractivity contribution in [2.45, 2.75) is 31.6 Å². The van der Waals surface area contributed by atoms with E-state index in [-0.39, 0.29) is 24.1 Å². The van der Waals surface area contributed by atoms with Gasteiger partial charge in [-0.3, -0.25) is 14.9 Å². The molecule has 0 saturated carbocycles. The molecule has 0 bridgehead atoms. The summed E-state index contributed by atoms with van der Waals surface area (Å²) >= 11 is 0. The minimum Gasteiger partial charge on any atom is -0.481 e. The fourth-order valence-corrected chi connectivity index (χ4v) is 2.85. The molecule has 0 spiro atoms. The molecule has 2 amide bonds. The average Bonchev–Trinajstić information content (AvgIpc) is 2.58. The molecular weight excluding hydrogens is 314 g/mol. The number of urea groups is 1. The highest BCUT2D eigenvalue weighted by molar-refractivity contribution is 5.74. The number of carbonyl (C=O) groups is 2. The van der Waals surface area contributed by atoms with E-state index in [9.17, 15) is 19.7 Å². The number of nitro groups is 1. The minimum absolute atomic E-state index is 0.0334. The van der Waals surface area contributed by atoms with E-state index in [1.165, 1.54) is 12.1 Å². The Kier molecular flexibility index (Phi) is 6.11. The summed E-state index contributed by atoms with van der Waals surface area (Å²) < 4.78 is 0. The second-order valence-electron chi connectivity index (χ2n) is 5.86. The van der Waals surface area contributed by atoms with Gasteiger partial charge in [-0.1, -0.05) is 12.1 Å². The van der Waals surface area contributed by atoms with Crippen LogP contribution in [-0.2, 0) is 4.79 Å². The first-order valence-electron chi connectivity index (χ1n) is 7.96. The summed E-state index contributed by atoms with van der Waals surface area (Å²) in [6, 6.07) is 6.28. The number of amides is 2. The van der Waals surface area contributed by atoms with Gasteiger partial charge in [-0.25, -0.2) is 4.79 Å². The van der Waals surface area contributed by atoms with Gasteiger partial charge in [-0.2, -0.15) is 0 Å². The second-order valence-corrected chi connectivity index (χ2v) is 5.86. The molecule has 1 aliphatic heterocycles. The highest BCUT2D eigenvalue weighted by atomic mass is 16.6. The summed E-state index contributed by atoms with van der Waals surface area (Å²) in [4.78, 5) is 34.6. The first kappa shape index (κ1) is 17.7. The third-order valence-electron chi connectivity index (χ3n) is 4.13. The van der Waals surface area contributed by atoms with Crippen LogP contribution in [0.4, 0.5) is 10.5 Å². The molecule has 1 fully saturated rings. The average molecular weight is 335 g/mol. The van der Waals surface area contributed by atoms with Crippen molar-refractivity contribution in [2.75, 3.05) is 19.6 Å². The highest BCUT2D eigenvalue weighted by Gasteiger charge is 2.24. The van der Waals surface area contributed by atoms with Gasteiger partial charge in [0.2, 0.25) is 0 Å². The largest absolute Gasteiger partial charge is 0.481 e. The van der Waals surface area contributed by atoms with Crippen molar-refractivity contribution in [3.05, 3.63) is 39.9 Å². The number of nitrogens with one attached hydrogen (secondary N) is 1. The van der Waals surface area contributed by atoms with Gasteiger partial charge < -0.3 is 15.3 Å². The first-order chi connectivity index (χ1) is 11.5. The predicted octanol–water partition coefficient (Wildman–Crippen LogP) is 2.35. The molecule has 1 aromatic carbocycles. The standard InChI is InChI=1S/C16H21N3O5/c20-15(21)4-1-9-17-16(22)18-10-2-3-13(11-18)12-5-7-14(8-6-12)19(23)24/h5-8,13H,1-4,9-11H2,(H,17,22)(H,20,21). The number of carboxylic acid groups (broad SMARTS) is 1. The van der Waals surface area contributed by atoms with E-state index in [0.29, 0.717) is 26.1 Å². The van der Waals surface area contributed by atoms with Gasteiger partial charge >= 0.3 is 12.0 Å². The molecule has 8 nitrogen and oxygen atoms in total. The molecular formula is C16H21N3O5. The molecule has 1 unspecified atom stereocenters. The van der Waals surface area contributed by atoms with Crippen molar-refractivity contribution in [1.29, 1.82) is 0 Å². The van der Waals surface area contributed by atoms with Crippen LogP contribution < -0.4 is 5.32 Å². The van der Waals surface area contributed by atoms with Crippen molar-refractivity contribution >= 4 is 17.7 Å². The molecule has 8 heteroatoms. The molecule has 0 aliphatic carbocycles. The summed E-state index contributed by atoms with van der Waals surface area (Å²) in [6.07, 6.45) is 2.23. The molecule has 1 saturated heterocycles. The van der Waals surface area contributed by atoms with Crippen LogP contribution in [0.3, 0.4) is 0 Å². The van der Waals surface area contributed by atoms with E-state index in [0.717, 1.165) is 18.4 Å². The van der Waals surface area contributed by atoms with Gasteiger partial charge in [-0.15, -0.1) is 0 Å². The van der Waals surface area contributed by atoms with Crippen LogP contribution in [0.25, 0.3) is 0 Å². The maximum absolute atomic E-state index is 12.1. The molecule has 0 aromatic heterocycles. The lowest BCUT2D eigenvalue weighted by molar-refractivity contribution is -0.384. The summed E-state index contributed by atoms with van der Waals surface area (Å²) in [6.45, 7) is 1.56. The zero-order valence-corrected chi connectivity index (χ0v) is 13.3. The van der Waals surface area contributed by atoms with Crippen molar-refractivity contribution in [1.82, 2.24) is 10.2 Å². The SMILES string of the molecule is O=C(O)CCCNC(=O)N1CCCC(c2ccc([N+](=O)[O-])cc2)C1. The lowest BCUT2D eigenvalue weighted by Gasteiger charge is -2.33. The number of piperidine rings is 1. The number of hydrogen-bond acceptors (Lipinski definition) is 4. The maximum atomic E-state index is 12.1. The van der Waals surface area contributed by atoms with Crippen LogP contribution in [0.2, 0.25) is 0 Å². The number of nitrogens with zero attached hydrogens (tertiary/aromatic N) is 2. The van der Waals surface area contributed by atoms with Crippen LogP contribution >= 0.6 is 0 Å². The van der Waals surface area contributed by atoms with Crippen molar-refractivity contribution in [3.63, 3.8) is 0 Å². The monoisotopic (exact) mass is 335 g/mol. The van der Waals surface area contributed by atoms with Crippen molar-refractivity contribution in [3.8, 4) is 0 Å². The number of likely N-dealkylation sites (tertiary alicyclic amines) is 1. The van der Waals surface area contributed by atoms with E-state index < -0.39 is 10.9 Å². The Morgan fingerprint density at radius 3 is 2.67 bits per heavy atom. The normalized spacial score (nSPS) is 17.3. The van der Waals surface area contributed by atoms with E-state index in [1.807, 2.05) is 0 Å². The van der Waals surface area contributed by atoms with Gasteiger partial charge in [0.1, 0.15) is 0 Å². The fraction of sp³-hybridized carbons (Fsp3) is 0.500. The topological polar surface area (TPSA) is 113 Å². The second kappa shape index (κ2) is 8.28. The Labute approximate surface area is 139 Å². The number of rotatable bonds is 6. The van der Waals surface area contributed by atoms with E-state index in [4.69, 9.17) is 5.11 Å². The van der Waals surface area contributed by atoms with Crippen LogP contribution in [0.1, 0.15) is 37.2 Å². The highest BCUT2D eigenvalue weighted by Crippen LogP contribution is 2.28. The first-order valence-corrected chi connectivity index (χ1v) is 7.96. The molecule has 2 rings (SSSR count). The quantitative estimate of drug-likeness (QED) is 0.471. The fourth-order valence-electron chi connectivity index (χ4n) is 2.85. The molecule has 1 atom stereocenters. The minimum atomic E-state index is -0.875. The van der Waals surface area contributed by atoms with Crippen LogP contribution in [0, 0.1) is 10.1 Å². The molecule has 1 aromatic rings. The lowest BCUT2D eigenvalue weighted by Crippen LogP contribution is -2.45. The Hall–Kier alpha value is -2.64. The predicted molar refractivity (Wildman–Crippen MR) is 86.9 cm³/mol. The van der Waals surface area contributed by atoms with Gasteiger partial charge in [0, 0.05) is 44.1 Å². The Morgan fingerprint density at radius 1 is 1.33 bits per heavy atom. The molecule has 1 aliphatic rings. The smallest absolute Gasteiger partial charge is 0.317 e. The third kappa shape index (κ3) is 4.94. The third-order valence-corrected chi connectivity index (χ3v) is 4.13. The molecule has 130 valence electrons. The van der Waals surface area contributed by atoms with Gasteiger partial charge in [0.15, 0.2) is 0 Å². The van der Waals surface area contributed by atoms with Crippen LogP contribution in [-0.4, -0.2) is 46.6 Å². The number of nitro benzene ring substituents is 1. The molecule has 24 heavy (non-hydrogen) atoms. The summed E-state index contributed by atoms with van der Waals surface area (Å²) in [5.74, 6) is -0.718. The number of aliphatic carboxylic acids is 1. The van der Waals surface area contributed by atoms with Gasteiger partial charge in [0.25, 0.3) is 5.69 Å². The van der Waals surface area contributed by atoms with Gasteiger partial charge in [-0.05, 0) is 24.8 Å². The van der Waals surface area contributed by atoms with Crippen LogP contribution in [0.5, 0.6) is 0 Å². The Morgan fingerprint density at radius 2 is 2.04 bits per heavy atom. The zero-order valence-electron chi connectivity index (χ0n) is 13.3. The van der Waals surface area contributed by atoms with Crippen molar-refractivity contribution < 1.29 is 19.6 Å². The molecule has 1 heterocycles. The van der Waals surface area contributed by atoms with Crippen molar-refractivity contribution in [2.24, 2.45) is 0 Å². The number of carboxylic acids is 1. The van der Waals surface area contributed by atoms with Gasteiger partial charge in [0.05, 0.1) is 4.92 Å². The number of carbonyl (C=O) groups excluding carboxylic acids is 1. The number of non-ortho nitro benzene ring substituents is 1. The summed E-state index contributed by atoms with van der Waals surface area (Å²) in [7, 11) is 0. The van der Waals surface area contributed by atoms with E-state index in [1.54, 1.807) is 17.0 Å². The number of benzene rings is 1. The molecule has 2 N–H and O–H groups in total. The maximum Gasteiger partial charge on any atom is 0.317 e. The Balaban J connectivity index is 1.87. The zero-order chi connectivity index (χ0) is 17.5. The summed E-state index contributed by atoms with van der Waals surface area (Å²) in [5.41, 5.74) is 1.05. The summed E-state index contributed by atoms with van der Waals surface area (Å²) in [5, 5.41) is 22.0. The Bertz CT molecular complexity index is 602. The number of hydrogen-bond donors (Lipinski definition) is 2.